The summed E-state index contributed by atoms with van der Waals surface area (Å²) < 4.78 is 25.8. The molecule has 1 aromatic rings. The number of rotatable bonds is 3. The predicted molar refractivity (Wildman–Crippen MR) is 59.3 cm³/mol. The third-order valence-electron chi connectivity index (χ3n) is 3.61. The van der Waals surface area contributed by atoms with Crippen molar-refractivity contribution in [2.24, 2.45) is 0 Å². The number of sulfone groups is 1. The highest BCUT2D eigenvalue weighted by molar-refractivity contribution is 7.93. The van der Waals surface area contributed by atoms with Gasteiger partial charge in [0.1, 0.15) is 16.7 Å². The maximum Gasteiger partial charge on any atom is 0.322 e. The Morgan fingerprint density at radius 3 is 2.78 bits per heavy atom. The van der Waals surface area contributed by atoms with E-state index in [0.29, 0.717) is 13.0 Å². The molecule has 0 aliphatic carbocycles. The Kier molecular flexibility index (Phi) is 2.42. The van der Waals surface area contributed by atoms with Crippen LogP contribution in [0.3, 0.4) is 0 Å². The van der Waals surface area contributed by atoms with Crippen molar-refractivity contribution in [2.45, 2.75) is 29.6 Å². The van der Waals surface area contributed by atoms with Crippen LogP contribution in [0, 0.1) is 0 Å². The van der Waals surface area contributed by atoms with Gasteiger partial charge >= 0.3 is 5.97 Å². The van der Waals surface area contributed by atoms with Gasteiger partial charge in [-0.3, -0.25) is 14.4 Å². The van der Waals surface area contributed by atoms with Gasteiger partial charge in [-0.05, 0) is 6.42 Å². The first-order valence-electron chi connectivity index (χ1n) is 5.57. The molecule has 0 saturated carbocycles. The molecule has 0 bridgehead atoms. The van der Waals surface area contributed by atoms with E-state index in [4.69, 9.17) is 0 Å². The van der Waals surface area contributed by atoms with Crippen molar-refractivity contribution in [1.29, 1.82) is 0 Å². The second kappa shape index (κ2) is 3.75. The first-order valence-corrected chi connectivity index (χ1v) is 7.18. The van der Waals surface area contributed by atoms with Crippen molar-refractivity contribution in [3.8, 4) is 0 Å². The lowest BCUT2D eigenvalue weighted by atomic mass is 10.1. The highest BCUT2D eigenvalue weighted by Gasteiger charge is 2.60. The molecule has 0 spiro atoms. The largest absolute Gasteiger partial charge is 0.480 e. The lowest BCUT2D eigenvalue weighted by Crippen LogP contribution is -2.52. The molecule has 3 heterocycles. The Bertz CT molecular complexity index is 569. The highest BCUT2D eigenvalue weighted by Crippen LogP contribution is 2.39. The molecule has 18 heavy (non-hydrogen) atoms. The lowest BCUT2D eigenvalue weighted by Gasteiger charge is -2.35. The molecule has 3 rings (SSSR count). The van der Waals surface area contributed by atoms with Crippen LogP contribution in [0.2, 0.25) is 0 Å². The fourth-order valence-electron chi connectivity index (χ4n) is 2.67. The number of hydrogen-bond acceptors (Lipinski definition) is 6. The van der Waals surface area contributed by atoms with Crippen LogP contribution in [0.5, 0.6) is 0 Å². The summed E-state index contributed by atoms with van der Waals surface area (Å²) in [6, 6.07) is -0.974. The zero-order valence-corrected chi connectivity index (χ0v) is 10.2. The average molecular weight is 272 g/mol. The molecule has 98 valence electrons. The fourth-order valence-corrected chi connectivity index (χ4v) is 5.11. The van der Waals surface area contributed by atoms with Crippen LogP contribution in [0.25, 0.3) is 0 Å². The van der Waals surface area contributed by atoms with E-state index in [1.54, 1.807) is 4.90 Å². The molecule has 9 heteroatoms. The molecule has 2 aliphatic heterocycles. The molecule has 3 unspecified atom stereocenters. The molecule has 3 atom stereocenters. The van der Waals surface area contributed by atoms with Gasteiger partial charge in [-0.2, -0.15) is 0 Å². The van der Waals surface area contributed by atoms with Crippen LogP contribution in [-0.2, 0) is 21.2 Å². The van der Waals surface area contributed by atoms with Gasteiger partial charge in [0, 0.05) is 12.7 Å². The smallest absolute Gasteiger partial charge is 0.322 e. The van der Waals surface area contributed by atoms with Gasteiger partial charge < -0.3 is 5.11 Å². The average Bonchev–Trinajstić information content (AvgIpc) is 2.76. The van der Waals surface area contributed by atoms with E-state index in [2.05, 4.69) is 10.3 Å². The standard InChI is InChI=1S/C9H12N4O4S/c14-9(15)8-6(5-12-4-2-10-11-12)18(16,17)7-1-3-13(7)8/h2,4,6-8H,1,3,5H2,(H,14,15). The predicted octanol–water partition coefficient (Wildman–Crippen LogP) is -1.44. The van der Waals surface area contributed by atoms with E-state index in [0.717, 1.165) is 0 Å². The van der Waals surface area contributed by atoms with E-state index < -0.39 is 32.5 Å². The Labute approximate surface area is 103 Å². The Balaban J connectivity index is 1.95. The van der Waals surface area contributed by atoms with Crippen molar-refractivity contribution in [3.05, 3.63) is 12.4 Å². The number of aromatic nitrogens is 3. The van der Waals surface area contributed by atoms with Crippen molar-refractivity contribution < 1.29 is 18.3 Å². The first-order chi connectivity index (χ1) is 8.51. The molecule has 0 radical (unpaired) electrons. The van der Waals surface area contributed by atoms with E-state index in [1.165, 1.54) is 17.1 Å². The fraction of sp³-hybridized carbons (Fsp3) is 0.667. The SMILES string of the molecule is O=C(O)C1C(Cn2ccnn2)S(=O)(=O)C2CCN12. The summed E-state index contributed by atoms with van der Waals surface area (Å²) in [5.74, 6) is -1.09. The quantitative estimate of drug-likeness (QED) is 0.718. The van der Waals surface area contributed by atoms with Gasteiger partial charge in [-0.1, -0.05) is 5.21 Å². The summed E-state index contributed by atoms with van der Waals surface area (Å²) in [6.45, 7) is 0.557. The van der Waals surface area contributed by atoms with Gasteiger partial charge in [0.2, 0.25) is 0 Å². The maximum atomic E-state index is 12.2. The number of hydrogen-bond donors (Lipinski definition) is 1. The van der Waals surface area contributed by atoms with Gasteiger partial charge in [-0.15, -0.1) is 5.10 Å². The number of fused-ring (bicyclic) bond motifs is 1. The van der Waals surface area contributed by atoms with Crippen molar-refractivity contribution in [2.75, 3.05) is 6.54 Å². The molecule has 0 aromatic carbocycles. The molecule has 8 nitrogen and oxygen atoms in total. The van der Waals surface area contributed by atoms with Gasteiger partial charge in [0.05, 0.1) is 12.7 Å². The minimum absolute atomic E-state index is 0.0340. The summed E-state index contributed by atoms with van der Waals surface area (Å²) in [4.78, 5) is 12.8. The van der Waals surface area contributed by atoms with Gasteiger partial charge in [0.15, 0.2) is 9.84 Å². The van der Waals surface area contributed by atoms with E-state index in [-0.39, 0.29) is 6.54 Å². The summed E-state index contributed by atoms with van der Waals surface area (Å²) in [5.41, 5.74) is 0. The van der Waals surface area contributed by atoms with E-state index in [9.17, 15) is 18.3 Å². The summed E-state index contributed by atoms with van der Waals surface area (Å²) >= 11 is 0. The molecule has 1 N–H and O–H groups in total. The normalized spacial score (nSPS) is 33.9. The highest BCUT2D eigenvalue weighted by atomic mass is 32.2. The van der Waals surface area contributed by atoms with E-state index >= 15 is 0 Å². The third-order valence-corrected chi connectivity index (χ3v) is 6.12. The minimum Gasteiger partial charge on any atom is -0.480 e. The van der Waals surface area contributed by atoms with Crippen molar-refractivity contribution >= 4 is 15.8 Å². The lowest BCUT2D eigenvalue weighted by molar-refractivity contribution is -0.144. The Morgan fingerprint density at radius 2 is 2.28 bits per heavy atom. The first kappa shape index (κ1) is 11.6. The number of nitrogens with zero attached hydrogens (tertiary/aromatic N) is 4. The van der Waals surface area contributed by atoms with Gasteiger partial charge in [0.25, 0.3) is 0 Å². The summed E-state index contributed by atoms with van der Waals surface area (Å²) in [5, 5.41) is 14.9. The molecular formula is C9H12N4O4S. The zero-order chi connectivity index (χ0) is 12.9. The number of carbonyl (C=O) groups is 1. The molecule has 2 saturated heterocycles. The second-order valence-electron chi connectivity index (χ2n) is 4.52. The summed E-state index contributed by atoms with van der Waals surface area (Å²) in [7, 11) is -3.44. The van der Waals surface area contributed by atoms with Crippen molar-refractivity contribution in [3.63, 3.8) is 0 Å². The third kappa shape index (κ3) is 1.47. The Hall–Kier alpha value is -1.48. The molecule has 2 fully saturated rings. The van der Waals surface area contributed by atoms with E-state index in [1.807, 2.05) is 0 Å². The van der Waals surface area contributed by atoms with Crippen LogP contribution < -0.4 is 0 Å². The topological polar surface area (TPSA) is 105 Å². The molecule has 0 amide bonds. The van der Waals surface area contributed by atoms with Crippen LogP contribution in [0.1, 0.15) is 6.42 Å². The number of carboxylic acids is 1. The van der Waals surface area contributed by atoms with Gasteiger partial charge in [-0.25, -0.2) is 8.42 Å². The number of aliphatic carboxylic acids is 1. The van der Waals surface area contributed by atoms with Crippen molar-refractivity contribution in [1.82, 2.24) is 19.9 Å². The Morgan fingerprint density at radius 1 is 1.50 bits per heavy atom. The zero-order valence-electron chi connectivity index (χ0n) is 9.38. The molecular weight excluding hydrogens is 260 g/mol. The molecule has 1 aromatic heterocycles. The van der Waals surface area contributed by atoms with Crippen LogP contribution in [0.15, 0.2) is 12.4 Å². The monoisotopic (exact) mass is 272 g/mol. The molecule has 2 aliphatic rings. The van der Waals surface area contributed by atoms with Crippen LogP contribution >= 0.6 is 0 Å². The maximum absolute atomic E-state index is 12.2. The van der Waals surface area contributed by atoms with Crippen LogP contribution in [-0.4, -0.2) is 62.6 Å². The second-order valence-corrected chi connectivity index (χ2v) is 6.84. The number of carboxylic acid groups (broad SMARTS) is 1. The summed E-state index contributed by atoms with van der Waals surface area (Å²) in [6.07, 6.45) is 3.48. The van der Waals surface area contributed by atoms with Crippen LogP contribution in [0.4, 0.5) is 0 Å². The minimum atomic E-state index is -3.44.